The van der Waals surface area contributed by atoms with Crippen LogP contribution in [0.2, 0.25) is 0 Å². The second-order valence-electron chi connectivity index (χ2n) is 10.2. The van der Waals surface area contributed by atoms with Crippen LogP contribution < -0.4 is 19.5 Å². The molecule has 0 radical (unpaired) electrons. The van der Waals surface area contributed by atoms with Crippen LogP contribution in [0.1, 0.15) is 54.4 Å². The summed E-state index contributed by atoms with van der Waals surface area (Å²) in [5.41, 5.74) is 1.82. The summed E-state index contributed by atoms with van der Waals surface area (Å²) in [7, 11) is 1.61. The molecule has 2 aromatic rings. The number of carbonyl (C=O) groups excluding carboxylic acids is 2. The number of rotatable bonds is 14. The van der Waals surface area contributed by atoms with Crippen LogP contribution in [0.25, 0.3) is 0 Å². The van der Waals surface area contributed by atoms with E-state index in [1.165, 1.54) is 0 Å². The minimum atomic E-state index is 0.00488. The zero-order chi connectivity index (χ0) is 26.7. The van der Waals surface area contributed by atoms with Crippen LogP contribution in [0, 0.1) is 5.92 Å². The van der Waals surface area contributed by atoms with Crippen molar-refractivity contribution in [1.29, 1.82) is 0 Å². The van der Waals surface area contributed by atoms with E-state index in [1.807, 2.05) is 18.2 Å². The number of hydrogen-bond donors (Lipinski definition) is 1. The highest BCUT2D eigenvalue weighted by Crippen LogP contribution is 2.31. The molecule has 2 heterocycles. The van der Waals surface area contributed by atoms with E-state index in [1.54, 1.807) is 31.4 Å². The number of methoxy groups -OCH3 is 1. The van der Waals surface area contributed by atoms with Crippen LogP contribution in [-0.4, -0.2) is 62.6 Å². The smallest absolute Gasteiger partial charge is 0.220 e. The summed E-state index contributed by atoms with van der Waals surface area (Å²) in [6.45, 7) is 7.89. The van der Waals surface area contributed by atoms with Gasteiger partial charge in [0.25, 0.3) is 0 Å². The number of hydrogen-bond acceptors (Lipinski definition) is 6. The molecule has 4 rings (SSSR count). The molecule has 7 heteroatoms. The summed E-state index contributed by atoms with van der Waals surface area (Å²) >= 11 is 0. The number of benzene rings is 2. The molecule has 38 heavy (non-hydrogen) atoms. The number of fused-ring (bicyclic) bond motifs is 1. The molecule has 0 bridgehead atoms. The first-order valence-electron chi connectivity index (χ1n) is 13.7. The van der Waals surface area contributed by atoms with Gasteiger partial charge < -0.3 is 24.4 Å². The van der Waals surface area contributed by atoms with Gasteiger partial charge in [0, 0.05) is 37.5 Å². The molecule has 2 aliphatic rings. The zero-order valence-corrected chi connectivity index (χ0v) is 22.5. The van der Waals surface area contributed by atoms with Crippen molar-refractivity contribution in [2.24, 2.45) is 5.92 Å². The van der Waals surface area contributed by atoms with Gasteiger partial charge in [-0.3, -0.25) is 9.59 Å². The third-order valence-corrected chi connectivity index (χ3v) is 7.29. The van der Waals surface area contributed by atoms with Crippen LogP contribution in [-0.2, 0) is 11.2 Å². The molecule has 2 aliphatic heterocycles. The SMILES string of the molecule is C=CC1CCN(C[C@H](Cc2ccc3c(c2)OCCO3)NC(=O)CCCCCC(=O)c2ccc(OC)cc2)C1. The Bertz CT molecular complexity index is 1080. The van der Waals surface area contributed by atoms with E-state index in [4.69, 9.17) is 14.2 Å². The van der Waals surface area contributed by atoms with Crippen molar-refractivity contribution in [2.75, 3.05) is 40.0 Å². The first-order valence-corrected chi connectivity index (χ1v) is 13.7. The van der Waals surface area contributed by atoms with Crippen LogP contribution in [0.4, 0.5) is 0 Å². The van der Waals surface area contributed by atoms with Gasteiger partial charge in [0.2, 0.25) is 5.91 Å². The number of ether oxygens (including phenoxy) is 3. The molecule has 2 atom stereocenters. The lowest BCUT2D eigenvalue weighted by molar-refractivity contribution is -0.122. The Labute approximate surface area is 226 Å². The molecule has 1 unspecified atom stereocenters. The van der Waals surface area contributed by atoms with Gasteiger partial charge in [-0.05, 0) is 80.1 Å². The van der Waals surface area contributed by atoms with Crippen molar-refractivity contribution in [1.82, 2.24) is 10.2 Å². The fraction of sp³-hybridized carbons (Fsp3) is 0.484. The van der Waals surface area contributed by atoms with Gasteiger partial charge >= 0.3 is 0 Å². The Morgan fingerprint density at radius 3 is 2.58 bits per heavy atom. The Kier molecular flexibility index (Phi) is 10.2. The molecule has 1 fully saturated rings. The van der Waals surface area contributed by atoms with E-state index in [0.29, 0.717) is 37.5 Å². The van der Waals surface area contributed by atoms with E-state index in [9.17, 15) is 9.59 Å². The summed E-state index contributed by atoms with van der Waals surface area (Å²) < 4.78 is 16.6. The Balaban J connectivity index is 1.24. The van der Waals surface area contributed by atoms with Crippen LogP contribution >= 0.6 is 0 Å². The maximum atomic E-state index is 12.9. The number of Topliss-reactive ketones (excluding diaryl/α,β-unsaturated/α-hetero) is 1. The van der Waals surface area contributed by atoms with Crippen molar-refractivity contribution in [3.63, 3.8) is 0 Å². The predicted molar refractivity (Wildman–Crippen MR) is 148 cm³/mol. The van der Waals surface area contributed by atoms with Crippen molar-refractivity contribution in [3.8, 4) is 17.2 Å². The molecule has 1 saturated heterocycles. The summed E-state index contributed by atoms with van der Waals surface area (Å²) in [6.07, 6.45) is 7.21. The van der Waals surface area contributed by atoms with Gasteiger partial charge in [-0.25, -0.2) is 0 Å². The number of unbranched alkanes of at least 4 members (excludes halogenated alkanes) is 2. The summed E-state index contributed by atoms with van der Waals surface area (Å²) in [4.78, 5) is 27.7. The second kappa shape index (κ2) is 14.0. The first kappa shape index (κ1) is 27.7. The number of likely N-dealkylation sites (tertiary alicyclic amines) is 1. The maximum Gasteiger partial charge on any atom is 0.220 e. The number of nitrogens with zero attached hydrogens (tertiary/aromatic N) is 1. The molecule has 7 nitrogen and oxygen atoms in total. The van der Waals surface area contributed by atoms with Gasteiger partial charge in [-0.1, -0.05) is 18.6 Å². The highest BCUT2D eigenvalue weighted by Gasteiger charge is 2.24. The normalized spacial score (nSPS) is 17.6. The number of amides is 1. The van der Waals surface area contributed by atoms with Crippen molar-refractivity contribution in [2.45, 2.75) is 51.0 Å². The molecule has 2 aromatic carbocycles. The van der Waals surface area contributed by atoms with Crippen LogP contribution in [0.5, 0.6) is 17.2 Å². The monoisotopic (exact) mass is 520 g/mol. The van der Waals surface area contributed by atoms with Crippen LogP contribution in [0.3, 0.4) is 0 Å². The van der Waals surface area contributed by atoms with Crippen molar-refractivity contribution >= 4 is 11.7 Å². The fourth-order valence-corrected chi connectivity index (χ4v) is 5.16. The topological polar surface area (TPSA) is 77.1 Å². The van der Waals surface area contributed by atoms with Gasteiger partial charge in [-0.2, -0.15) is 0 Å². The van der Waals surface area contributed by atoms with E-state index in [2.05, 4.69) is 22.9 Å². The quantitative estimate of drug-likeness (QED) is 0.218. The highest BCUT2D eigenvalue weighted by molar-refractivity contribution is 5.96. The van der Waals surface area contributed by atoms with Gasteiger partial charge in [0.15, 0.2) is 17.3 Å². The summed E-state index contributed by atoms with van der Waals surface area (Å²) in [5, 5.41) is 3.28. The van der Waals surface area contributed by atoms with E-state index < -0.39 is 0 Å². The zero-order valence-electron chi connectivity index (χ0n) is 22.5. The first-order chi connectivity index (χ1) is 18.5. The molecule has 0 saturated carbocycles. The van der Waals surface area contributed by atoms with Gasteiger partial charge in [0.1, 0.15) is 19.0 Å². The number of nitrogens with one attached hydrogen (secondary N) is 1. The second-order valence-corrected chi connectivity index (χ2v) is 10.2. The maximum absolute atomic E-state index is 12.9. The largest absolute Gasteiger partial charge is 0.497 e. The molecule has 1 amide bonds. The Hall–Kier alpha value is -3.32. The lowest BCUT2D eigenvalue weighted by Gasteiger charge is -2.26. The standard InChI is InChI=1S/C31H40N2O5/c1-3-23-15-16-33(21-23)22-26(19-24-9-14-29-30(20-24)38-18-17-37-29)32-31(35)8-6-4-5-7-28(34)25-10-12-27(36-2)13-11-25/h3,9-14,20,23,26H,1,4-8,15-19,21-22H2,2H3,(H,32,35)/t23?,26-/m0/s1. The van der Waals surface area contributed by atoms with Crippen LogP contribution in [0.15, 0.2) is 55.1 Å². The van der Waals surface area contributed by atoms with E-state index >= 15 is 0 Å². The summed E-state index contributed by atoms with van der Waals surface area (Å²) in [5.74, 6) is 3.00. The molecular formula is C31H40N2O5. The molecule has 1 N–H and O–H groups in total. The average Bonchev–Trinajstić information content (AvgIpc) is 3.40. The van der Waals surface area contributed by atoms with E-state index in [0.717, 1.165) is 74.6 Å². The Morgan fingerprint density at radius 2 is 1.84 bits per heavy atom. The molecule has 204 valence electrons. The lowest BCUT2D eigenvalue weighted by atomic mass is 10.0. The minimum absolute atomic E-state index is 0.00488. The Morgan fingerprint density at radius 1 is 1.08 bits per heavy atom. The third kappa shape index (κ3) is 8.09. The lowest BCUT2D eigenvalue weighted by Crippen LogP contribution is -2.44. The fourth-order valence-electron chi connectivity index (χ4n) is 5.16. The highest BCUT2D eigenvalue weighted by atomic mass is 16.6. The number of ketones is 1. The summed E-state index contributed by atoms with van der Waals surface area (Å²) in [6, 6.07) is 13.3. The van der Waals surface area contributed by atoms with Crippen molar-refractivity contribution < 1.29 is 23.8 Å². The molecule has 0 spiro atoms. The average molecular weight is 521 g/mol. The van der Waals surface area contributed by atoms with Gasteiger partial charge in [-0.15, -0.1) is 6.58 Å². The molecular weight excluding hydrogens is 480 g/mol. The predicted octanol–water partition coefficient (Wildman–Crippen LogP) is 4.84. The van der Waals surface area contributed by atoms with Gasteiger partial charge in [0.05, 0.1) is 7.11 Å². The van der Waals surface area contributed by atoms with E-state index in [-0.39, 0.29) is 17.7 Å². The molecule has 0 aromatic heterocycles. The van der Waals surface area contributed by atoms with Crippen molar-refractivity contribution in [3.05, 3.63) is 66.2 Å². The minimum Gasteiger partial charge on any atom is -0.497 e. The number of carbonyl (C=O) groups is 2. The molecule has 0 aliphatic carbocycles. The third-order valence-electron chi connectivity index (χ3n) is 7.29.